The van der Waals surface area contributed by atoms with Crippen molar-refractivity contribution in [2.45, 2.75) is 32.7 Å². The van der Waals surface area contributed by atoms with Gasteiger partial charge in [-0.2, -0.15) is 0 Å². The zero-order valence-electron chi connectivity index (χ0n) is 12.2. The van der Waals surface area contributed by atoms with Gasteiger partial charge < -0.3 is 10.1 Å². The van der Waals surface area contributed by atoms with E-state index in [0.29, 0.717) is 11.6 Å². The third kappa shape index (κ3) is 3.64. The first kappa shape index (κ1) is 15.1. The van der Waals surface area contributed by atoms with E-state index in [0.717, 1.165) is 16.4 Å². The SMILES string of the molecule is COc1ccc(Cl)cc1NCc1cnc(C(C)(C)C)s1. The van der Waals surface area contributed by atoms with Crippen LogP contribution in [0.2, 0.25) is 5.02 Å². The summed E-state index contributed by atoms with van der Waals surface area (Å²) >= 11 is 7.74. The molecule has 0 radical (unpaired) electrons. The number of nitrogens with one attached hydrogen (secondary N) is 1. The standard InChI is InChI=1S/C15H19ClN2OS/c1-15(2,3)14-18-9-11(20-14)8-17-12-7-10(16)5-6-13(12)19-4/h5-7,9,17H,8H2,1-4H3. The highest BCUT2D eigenvalue weighted by atomic mass is 35.5. The van der Waals surface area contributed by atoms with Crippen LogP contribution in [0.1, 0.15) is 30.7 Å². The molecule has 0 amide bonds. The zero-order valence-corrected chi connectivity index (χ0v) is 13.7. The average molecular weight is 311 g/mol. The summed E-state index contributed by atoms with van der Waals surface area (Å²) in [6.07, 6.45) is 1.93. The van der Waals surface area contributed by atoms with Gasteiger partial charge in [-0.25, -0.2) is 4.98 Å². The Morgan fingerprint density at radius 2 is 2.10 bits per heavy atom. The molecule has 0 saturated heterocycles. The maximum Gasteiger partial charge on any atom is 0.142 e. The first-order valence-corrected chi connectivity index (χ1v) is 7.62. The molecule has 0 aliphatic rings. The second kappa shape index (κ2) is 6.02. The molecule has 0 aliphatic heterocycles. The van der Waals surface area contributed by atoms with Crippen LogP contribution in [0.4, 0.5) is 5.69 Å². The predicted molar refractivity (Wildman–Crippen MR) is 86.1 cm³/mol. The first-order valence-electron chi connectivity index (χ1n) is 6.43. The van der Waals surface area contributed by atoms with E-state index in [2.05, 4.69) is 31.1 Å². The number of nitrogens with zero attached hydrogens (tertiary/aromatic N) is 1. The molecule has 2 aromatic rings. The van der Waals surface area contributed by atoms with E-state index in [1.165, 1.54) is 4.88 Å². The van der Waals surface area contributed by atoms with Crippen LogP contribution in [0.5, 0.6) is 5.75 Å². The van der Waals surface area contributed by atoms with Crippen LogP contribution in [0.15, 0.2) is 24.4 Å². The summed E-state index contributed by atoms with van der Waals surface area (Å²) in [5.74, 6) is 0.787. The van der Waals surface area contributed by atoms with E-state index < -0.39 is 0 Å². The number of methoxy groups -OCH3 is 1. The lowest BCUT2D eigenvalue weighted by Gasteiger charge is -2.13. The van der Waals surface area contributed by atoms with Crippen LogP contribution in [-0.2, 0) is 12.0 Å². The number of thiazole rings is 1. The van der Waals surface area contributed by atoms with E-state index in [-0.39, 0.29) is 5.41 Å². The lowest BCUT2D eigenvalue weighted by Crippen LogP contribution is -2.09. The monoisotopic (exact) mass is 310 g/mol. The zero-order chi connectivity index (χ0) is 14.8. The second-order valence-corrected chi connectivity index (χ2v) is 7.13. The van der Waals surface area contributed by atoms with Gasteiger partial charge in [-0.3, -0.25) is 0 Å². The summed E-state index contributed by atoms with van der Waals surface area (Å²) in [7, 11) is 1.65. The molecule has 0 aliphatic carbocycles. The summed E-state index contributed by atoms with van der Waals surface area (Å²) in [6, 6.07) is 5.54. The Labute approximate surface area is 129 Å². The Hall–Kier alpha value is -1.26. The molecule has 20 heavy (non-hydrogen) atoms. The molecule has 1 heterocycles. The van der Waals surface area contributed by atoms with Gasteiger partial charge in [-0.05, 0) is 18.2 Å². The number of rotatable bonds is 4. The molecule has 0 unspecified atom stereocenters. The molecule has 1 N–H and O–H groups in total. The highest BCUT2D eigenvalue weighted by Gasteiger charge is 2.17. The van der Waals surface area contributed by atoms with Crippen molar-refractivity contribution < 1.29 is 4.74 Å². The molecule has 1 aromatic carbocycles. The minimum absolute atomic E-state index is 0.0939. The Balaban J connectivity index is 2.09. The van der Waals surface area contributed by atoms with E-state index in [9.17, 15) is 0 Å². The second-order valence-electron chi connectivity index (χ2n) is 5.58. The van der Waals surface area contributed by atoms with Crippen molar-refractivity contribution in [3.05, 3.63) is 39.3 Å². The fourth-order valence-electron chi connectivity index (χ4n) is 1.74. The largest absolute Gasteiger partial charge is 0.495 e. The number of anilines is 1. The van der Waals surface area contributed by atoms with Gasteiger partial charge in [0.05, 0.1) is 24.3 Å². The van der Waals surface area contributed by atoms with Crippen LogP contribution >= 0.6 is 22.9 Å². The molecule has 0 atom stereocenters. The molecule has 0 spiro atoms. The molecule has 5 heteroatoms. The summed E-state index contributed by atoms with van der Waals surface area (Å²) in [6.45, 7) is 7.22. The Kier molecular flexibility index (Phi) is 4.55. The third-order valence-corrected chi connectivity index (χ3v) is 4.47. The van der Waals surface area contributed by atoms with Gasteiger partial charge in [0.2, 0.25) is 0 Å². The first-order chi connectivity index (χ1) is 9.40. The Morgan fingerprint density at radius 1 is 1.35 bits per heavy atom. The quantitative estimate of drug-likeness (QED) is 0.887. The van der Waals surface area contributed by atoms with Crippen molar-refractivity contribution >= 4 is 28.6 Å². The summed E-state index contributed by atoms with van der Waals surface area (Å²) in [4.78, 5) is 5.67. The van der Waals surface area contributed by atoms with E-state index >= 15 is 0 Å². The highest BCUT2D eigenvalue weighted by Crippen LogP contribution is 2.30. The van der Waals surface area contributed by atoms with Crippen molar-refractivity contribution in [2.75, 3.05) is 12.4 Å². The fraction of sp³-hybridized carbons (Fsp3) is 0.400. The van der Waals surface area contributed by atoms with Crippen LogP contribution < -0.4 is 10.1 Å². The molecule has 3 nitrogen and oxygen atoms in total. The maximum atomic E-state index is 6.01. The molecule has 0 bridgehead atoms. The van der Waals surface area contributed by atoms with Crippen molar-refractivity contribution in [3.8, 4) is 5.75 Å². The maximum absolute atomic E-state index is 6.01. The number of hydrogen-bond acceptors (Lipinski definition) is 4. The molecule has 108 valence electrons. The number of ether oxygens (including phenoxy) is 1. The van der Waals surface area contributed by atoms with E-state index in [1.807, 2.05) is 24.4 Å². The van der Waals surface area contributed by atoms with E-state index in [1.54, 1.807) is 18.4 Å². The van der Waals surface area contributed by atoms with Crippen LogP contribution in [0, 0.1) is 0 Å². The van der Waals surface area contributed by atoms with Crippen molar-refractivity contribution in [1.29, 1.82) is 0 Å². The minimum Gasteiger partial charge on any atom is -0.495 e. The van der Waals surface area contributed by atoms with Crippen LogP contribution in [0.3, 0.4) is 0 Å². The predicted octanol–water partition coefficient (Wildman–Crippen LogP) is 4.71. The van der Waals surface area contributed by atoms with Gasteiger partial charge in [0.15, 0.2) is 0 Å². The van der Waals surface area contributed by atoms with Gasteiger partial charge in [-0.15, -0.1) is 11.3 Å². The number of halogens is 1. The lowest BCUT2D eigenvalue weighted by atomic mass is 9.98. The van der Waals surface area contributed by atoms with Crippen LogP contribution in [0.25, 0.3) is 0 Å². The molecule has 0 saturated carbocycles. The number of benzene rings is 1. The average Bonchev–Trinajstić information content (AvgIpc) is 2.85. The normalized spacial score (nSPS) is 11.4. The lowest BCUT2D eigenvalue weighted by molar-refractivity contribution is 0.416. The topological polar surface area (TPSA) is 34.1 Å². The summed E-state index contributed by atoms with van der Waals surface area (Å²) in [5, 5.41) is 5.18. The van der Waals surface area contributed by atoms with Gasteiger partial charge in [0, 0.05) is 21.5 Å². The fourth-order valence-corrected chi connectivity index (χ4v) is 2.82. The van der Waals surface area contributed by atoms with E-state index in [4.69, 9.17) is 16.3 Å². The van der Waals surface area contributed by atoms with Gasteiger partial charge in [0.25, 0.3) is 0 Å². The Morgan fingerprint density at radius 3 is 2.70 bits per heavy atom. The minimum atomic E-state index is 0.0939. The van der Waals surface area contributed by atoms with Crippen molar-refractivity contribution in [2.24, 2.45) is 0 Å². The van der Waals surface area contributed by atoms with Gasteiger partial charge in [-0.1, -0.05) is 32.4 Å². The summed E-state index contributed by atoms with van der Waals surface area (Å²) in [5.41, 5.74) is 0.988. The number of hydrogen-bond donors (Lipinski definition) is 1. The summed E-state index contributed by atoms with van der Waals surface area (Å²) < 4.78 is 5.31. The molecular weight excluding hydrogens is 292 g/mol. The van der Waals surface area contributed by atoms with Crippen LogP contribution in [-0.4, -0.2) is 12.1 Å². The smallest absolute Gasteiger partial charge is 0.142 e. The molecule has 0 fully saturated rings. The molecular formula is C15H19ClN2OS. The highest BCUT2D eigenvalue weighted by molar-refractivity contribution is 7.11. The van der Waals surface area contributed by atoms with Gasteiger partial charge >= 0.3 is 0 Å². The molecule has 1 aromatic heterocycles. The molecule has 2 rings (SSSR count). The number of aromatic nitrogens is 1. The Bertz CT molecular complexity index is 590. The van der Waals surface area contributed by atoms with Gasteiger partial charge in [0.1, 0.15) is 5.75 Å². The van der Waals surface area contributed by atoms with Crippen molar-refractivity contribution in [3.63, 3.8) is 0 Å². The third-order valence-electron chi connectivity index (χ3n) is 2.81. The van der Waals surface area contributed by atoms with Crippen molar-refractivity contribution in [1.82, 2.24) is 4.98 Å².